The lowest BCUT2D eigenvalue weighted by molar-refractivity contribution is 0.764. The average molecular weight is 267 g/mol. The summed E-state index contributed by atoms with van der Waals surface area (Å²) in [6, 6.07) is 6.90. The predicted octanol–water partition coefficient (Wildman–Crippen LogP) is 2.23. The number of aromatic nitrogens is 4. The summed E-state index contributed by atoms with van der Waals surface area (Å²) in [7, 11) is 2.00. The van der Waals surface area contributed by atoms with Gasteiger partial charge in [0.2, 0.25) is 0 Å². The highest BCUT2D eigenvalue weighted by molar-refractivity contribution is 5.81. The third-order valence-electron chi connectivity index (χ3n) is 3.95. The van der Waals surface area contributed by atoms with Crippen LogP contribution in [0.15, 0.2) is 30.7 Å². The van der Waals surface area contributed by atoms with E-state index >= 15 is 0 Å². The summed E-state index contributed by atoms with van der Waals surface area (Å²) in [6.07, 6.45) is 6.16. The number of nitrogens with two attached hydrogens (primary N) is 1. The topological polar surface area (TPSA) is 61.7 Å². The van der Waals surface area contributed by atoms with Crippen molar-refractivity contribution in [3.8, 4) is 11.5 Å². The van der Waals surface area contributed by atoms with Crippen molar-refractivity contribution in [3.05, 3.63) is 36.3 Å². The van der Waals surface area contributed by atoms with Crippen LogP contribution in [0.3, 0.4) is 0 Å². The Hall–Kier alpha value is -2.14. The van der Waals surface area contributed by atoms with E-state index in [1.807, 2.05) is 24.1 Å². The molecule has 0 spiro atoms. The Kier molecular flexibility index (Phi) is 2.44. The number of hydrogen-bond donors (Lipinski definition) is 1. The minimum atomic E-state index is 0.549. The molecule has 1 aliphatic rings. The first kappa shape index (κ1) is 11.7. The maximum atomic E-state index is 5.73. The van der Waals surface area contributed by atoms with Crippen molar-refractivity contribution in [3.63, 3.8) is 0 Å². The summed E-state index contributed by atoms with van der Waals surface area (Å²) in [5.74, 6) is 1.01. The van der Waals surface area contributed by atoms with Crippen molar-refractivity contribution in [1.82, 2.24) is 19.1 Å². The van der Waals surface area contributed by atoms with E-state index in [9.17, 15) is 0 Å². The highest BCUT2D eigenvalue weighted by Crippen LogP contribution is 2.41. The largest absolute Gasteiger partial charge is 0.331 e. The molecule has 2 heterocycles. The van der Waals surface area contributed by atoms with E-state index in [-0.39, 0.29) is 0 Å². The number of benzene rings is 1. The fourth-order valence-electron chi connectivity index (χ4n) is 2.73. The second-order valence-electron chi connectivity index (χ2n) is 5.45. The first-order valence-corrected chi connectivity index (χ1v) is 6.95. The Morgan fingerprint density at radius 2 is 2.20 bits per heavy atom. The van der Waals surface area contributed by atoms with Crippen molar-refractivity contribution in [1.29, 1.82) is 0 Å². The Labute approximate surface area is 117 Å². The van der Waals surface area contributed by atoms with E-state index in [2.05, 4.69) is 27.8 Å². The highest BCUT2D eigenvalue weighted by Gasteiger charge is 2.29. The van der Waals surface area contributed by atoms with Crippen LogP contribution in [0.25, 0.3) is 22.6 Å². The van der Waals surface area contributed by atoms with Gasteiger partial charge in [0.1, 0.15) is 5.69 Å². The van der Waals surface area contributed by atoms with Crippen LogP contribution in [0.5, 0.6) is 0 Å². The van der Waals surface area contributed by atoms with Crippen molar-refractivity contribution in [2.45, 2.75) is 25.4 Å². The molecule has 0 bridgehead atoms. The Morgan fingerprint density at radius 1 is 1.35 bits per heavy atom. The Morgan fingerprint density at radius 3 is 2.85 bits per heavy atom. The zero-order chi connectivity index (χ0) is 13.7. The normalized spacial score (nSPS) is 15.1. The van der Waals surface area contributed by atoms with Crippen molar-refractivity contribution >= 4 is 11.0 Å². The molecule has 0 unspecified atom stereocenters. The van der Waals surface area contributed by atoms with Crippen molar-refractivity contribution < 1.29 is 0 Å². The van der Waals surface area contributed by atoms with Gasteiger partial charge in [-0.05, 0) is 30.5 Å². The van der Waals surface area contributed by atoms with Gasteiger partial charge in [0.25, 0.3) is 0 Å². The van der Waals surface area contributed by atoms with Crippen LogP contribution in [-0.4, -0.2) is 19.1 Å². The molecule has 0 amide bonds. The van der Waals surface area contributed by atoms with Gasteiger partial charge in [-0.15, -0.1) is 0 Å². The molecular weight excluding hydrogens is 250 g/mol. The smallest absolute Gasteiger partial charge is 0.159 e. The molecule has 1 saturated carbocycles. The molecule has 4 rings (SSSR count). The van der Waals surface area contributed by atoms with Gasteiger partial charge in [0, 0.05) is 19.6 Å². The first-order valence-electron chi connectivity index (χ1n) is 6.95. The highest BCUT2D eigenvalue weighted by atomic mass is 15.2. The minimum absolute atomic E-state index is 0.549. The standard InChI is InChI=1S/C15H17N5/c1-19-9-17-8-14(19)15-18-12-6-10(7-16)2-5-13(12)20(15)11-3-4-11/h2,5-6,8-9,11H,3-4,7,16H2,1H3. The van der Waals surface area contributed by atoms with Crippen LogP contribution in [0.4, 0.5) is 0 Å². The zero-order valence-corrected chi connectivity index (χ0v) is 11.5. The van der Waals surface area contributed by atoms with Gasteiger partial charge in [-0.1, -0.05) is 6.07 Å². The van der Waals surface area contributed by atoms with E-state index in [0.29, 0.717) is 12.6 Å². The van der Waals surface area contributed by atoms with Gasteiger partial charge < -0.3 is 14.9 Å². The van der Waals surface area contributed by atoms with Gasteiger partial charge in [-0.3, -0.25) is 0 Å². The molecule has 0 aliphatic heterocycles. The Balaban J connectivity index is 1.99. The van der Waals surface area contributed by atoms with Gasteiger partial charge in [0.15, 0.2) is 5.82 Å². The van der Waals surface area contributed by atoms with Crippen LogP contribution in [0.1, 0.15) is 24.4 Å². The lowest BCUT2D eigenvalue weighted by atomic mass is 10.2. The summed E-state index contributed by atoms with van der Waals surface area (Å²) < 4.78 is 4.37. The molecule has 5 heteroatoms. The predicted molar refractivity (Wildman–Crippen MR) is 78.1 cm³/mol. The SMILES string of the molecule is Cn1cncc1-c1nc2cc(CN)ccc2n1C1CC1. The van der Waals surface area contributed by atoms with E-state index in [4.69, 9.17) is 10.7 Å². The molecule has 1 aromatic carbocycles. The summed E-state index contributed by atoms with van der Waals surface area (Å²) >= 11 is 0. The van der Waals surface area contributed by atoms with Crippen LogP contribution in [-0.2, 0) is 13.6 Å². The molecule has 102 valence electrons. The van der Waals surface area contributed by atoms with Gasteiger partial charge >= 0.3 is 0 Å². The minimum Gasteiger partial charge on any atom is -0.331 e. The number of rotatable bonds is 3. The molecule has 2 aromatic heterocycles. The number of aryl methyl sites for hydroxylation is 1. The van der Waals surface area contributed by atoms with Crippen molar-refractivity contribution in [2.75, 3.05) is 0 Å². The van der Waals surface area contributed by atoms with Crippen LogP contribution >= 0.6 is 0 Å². The molecule has 0 radical (unpaired) electrons. The fourth-order valence-corrected chi connectivity index (χ4v) is 2.73. The molecule has 20 heavy (non-hydrogen) atoms. The number of imidazole rings is 2. The summed E-state index contributed by atoms with van der Waals surface area (Å²) in [5, 5.41) is 0. The van der Waals surface area contributed by atoms with E-state index in [0.717, 1.165) is 22.6 Å². The van der Waals surface area contributed by atoms with E-state index in [1.54, 1.807) is 0 Å². The second kappa shape index (κ2) is 4.18. The molecule has 1 aliphatic carbocycles. The van der Waals surface area contributed by atoms with Crippen LogP contribution in [0.2, 0.25) is 0 Å². The third kappa shape index (κ3) is 1.67. The monoisotopic (exact) mass is 267 g/mol. The molecule has 1 fully saturated rings. The van der Waals surface area contributed by atoms with Crippen LogP contribution < -0.4 is 5.73 Å². The van der Waals surface area contributed by atoms with Gasteiger partial charge in [-0.25, -0.2) is 9.97 Å². The van der Waals surface area contributed by atoms with E-state index < -0.39 is 0 Å². The number of fused-ring (bicyclic) bond motifs is 1. The Bertz CT molecular complexity index is 779. The molecule has 0 saturated heterocycles. The maximum Gasteiger partial charge on any atom is 0.159 e. The zero-order valence-electron chi connectivity index (χ0n) is 11.5. The molecule has 5 nitrogen and oxygen atoms in total. The second-order valence-corrected chi connectivity index (χ2v) is 5.45. The fraction of sp³-hybridized carbons (Fsp3) is 0.333. The molecule has 2 N–H and O–H groups in total. The maximum absolute atomic E-state index is 5.73. The summed E-state index contributed by atoms with van der Waals surface area (Å²) in [6.45, 7) is 0.549. The van der Waals surface area contributed by atoms with Gasteiger partial charge in [0.05, 0.1) is 23.6 Å². The van der Waals surface area contributed by atoms with Crippen molar-refractivity contribution in [2.24, 2.45) is 12.8 Å². The number of hydrogen-bond acceptors (Lipinski definition) is 3. The average Bonchev–Trinajstić information content (AvgIpc) is 3.10. The van der Waals surface area contributed by atoms with Gasteiger partial charge in [-0.2, -0.15) is 0 Å². The van der Waals surface area contributed by atoms with Crippen LogP contribution in [0, 0.1) is 0 Å². The number of nitrogens with zero attached hydrogens (tertiary/aromatic N) is 4. The molecule has 0 atom stereocenters. The third-order valence-corrected chi connectivity index (χ3v) is 3.95. The molecular formula is C15H17N5. The summed E-state index contributed by atoms with van der Waals surface area (Å²) in [5.41, 5.74) is 10.1. The summed E-state index contributed by atoms with van der Waals surface area (Å²) in [4.78, 5) is 9.04. The lowest BCUT2D eigenvalue weighted by Crippen LogP contribution is -2.00. The first-order chi connectivity index (χ1) is 9.78. The van der Waals surface area contributed by atoms with E-state index in [1.165, 1.54) is 18.4 Å². The quantitative estimate of drug-likeness (QED) is 0.791. The lowest BCUT2D eigenvalue weighted by Gasteiger charge is -2.07. The molecule has 3 aromatic rings.